The molecule has 0 unspecified atom stereocenters. The predicted molar refractivity (Wildman–Crippen MR) is 122 cm³/mol. The molecule has 176 valence electrons. The fourth-order valence-corrected chi connectivity index (χ4v) is 5.33. The number of alkyl halides is 2. The number of piperidine rings is 1. The minimum absolute atomic E-state index is 0.311. The average Bonchev–Trinajstić information content (AvgIpc) is 3.11. The average molecular weight is 497 g/mol. The van der Waals surface area contributed by atoms with Crippen LogP contribution in [0, 0.1) is 0 Å². The lowest BCUT2D eigenvalue weighted by Gasteiger charge is -2.31. The minimum Gasteiger partial charge on any atom is -0.245 e. The number of halogens is 3. The van der Waals surface area contributed by atoms with Crippen molar-refractivity contribution < 1.29 is 22.0 Å². The van der Waals surface area contributed by atoms with Crippen molar-refractivity contribution in [2.75, 3.05) is 13.1 Å². The molecule has 0 aliphatic carbocycles. The van der Waals surface area contributed by atoms with E-state index in [4.69, 9.17) is 11.6 Å². The summed E-state index contributed by atoms with van der Waals surface area (Å²) in [6.45, 7) is 1.05. The molecule has 2 atom stereocenters. The summed E-state index contributed by atoms with van der Waals surface area (Å²) in [5.41, 5.74) is 2.25. The Labute approximate surface area is 196 Å². The summed E-state index contributed by atoms with van der Waals surface area (Å²) in [6, 6.07) is 15.0. The molecule has 7 nitrogen and oxygen atoms in total. The SMILES string of the molecule is C[C@@H]1[C@@H](c2ccccc2)C(c2ccc(Cl)cc2)=NN1C(=O)NS(=O)(=O)N1CCC(F)(F)CC1. The van der Waals surface area contributed by atoms with E-state index in [9.17, 15) is 22.0 Å². The number of nitrogens with zero attached hydrogens (tertiary/aromatic N) is 3. The monoisotopic (exact) mass is 496 g/mol. The van der Waals surface area contributed by atoms with E-state index in [-0.39, 0.29) is 19.0 Å². The van der Waals surface area contributed by atoms with E-state index < -0.39 is 41.0 Å². The smallest absolute Gasteiger partial charge is 0.245 e. The van der Waals surface area contributed by atoms with Gasteiger partial charge in [0.05, 0.1) is 17.7 Å². The largest absolute Gasteiger partial charge is 0.352 e. The van der Waals surface area contributed by atoms with Gasteiger partial charge in [-0.05, 0) is 30.2 Å². The Hall–Kier alpha value is -2.56. The van der Waals surface area contributed by atoms with E-state index in [0.29, 0.717) is 10.7 Å². The van der Waals surface area contributed by atoms with Crippen LogP contribution in [0.4, 0.5) is 13.6 Å². The van der Waals surface area contributed by atoms with Crippen LogP contribution in [0.25, 0.3) is 0 Å². The van der Waals surface area contributed by atoms with Crippen molar-refractivity contribution >= 4 is 33.6 Å². The fourth-order valence-electron chi connectivity index (χ4n) is 4.10. The van der Waals surface area contributed by atoms with Crippen LogP contribution >= 0.6 is 11.6 Å². The lowest BCUT2D eigenvalue weighted by atomic mass is 9.86. The Bertz CT molecular complexity index is 1150. The third-order valence-electron chi connectivity index (χ3n) is 5.90. The number of hydrogen-bond donors (Lipinski definition) is 1. The van der Waals surface area contributed by atoms with E-state index in [1.54, 1.807) is 31.2 Å². The van der Waals surface area contributed by atoms with Gasteiger partial charge in [-0.3, -0.25) is 0 Å². The predicted octanol–water partition coefficient (Wildman–Crippen LogP) is 4.22. The molecule has 0 radical (unpaired) electrons. The van der Waals surface area contributed by atoms with E-state index in [1.807, 2.05) is 35.1 Å². The number of amides is 2. The van der Waals surface area contributed by atoms with Gasteiger partial charge in [0.25, 0.3) is 5.92 Å². The highest BCUT2D eigenvalue weighted by Crippen LogP contribution is 2.35. The topological polar surface area (TPSA) is 82.1 Å². The number of benzene rings is 2. The number of carbonyl (C=O) groups is 1. The maximum atomic E-state index is 13.4. The molecule has 33 heavy (non-hydrogen) atoms. The first-order chi connectivity index (χ1) is 15.6. The zero-order valence-electron chi connectivity index (χ0n) is 17.8. The van der Waals surface area contributed by atoms with Crippen LogP contribution in [-0.4, -0.2) is 54.5 Å². The Kier molecular flexibility index (Phi) is 6.43. The van der Waals surface area contributed by atoms with E-state index in [1.165, 1.54) is 0 Å². The molecule has 2 aliphatic rings. The van der Waals surface area contributed by atoms with Gasteiger partial charge < -0.3 is 0 Å². The van der Waals surface area contributed by atoms with Gasteiger partial charge in [0.1, 0.15) is 0 Å². The minimum atomic E-state index is -4.29. The molecule has 2 aliphatic heterocycles. The summed E-state index contributed by atoms with van der Waals surface area (Å²) >= 11 is 6.01. The molecule has 0 saturated carbocycles. The number of hydrogen-bond acceptors (Lipinski definition) is 4. The third kappa shape index (κ3) is 5.02. The van der Waals surface area contributed by atoms with Crippen molar-refractivity contribution in [2.24, 2.45) is 5.10 Å². The number of nitrogens with one attached hydrogen (secondary N) is 1. The highest BCUT2D eigenvalue weighted by atomic mass is 35.5. The molecular weight excluding hydrogens is 474 g/mol. The van der Waals surface area contributed by atoms with Crippen LogP contribution in [-0.2, 0) is 10.2 Å². The van der Waals surface area contributed by atoms with E-state index >= 15 is 0 Å². The standard InChI is InChI=1S/C22H23ClF2N4O3S/c1-15-19(16-5-3-2-4-6-16)20(17-7-9-18(23)10-8-17)26-29(15)21(30)27-33(31,32)28-13-11-22(24,25)12-14-28/h2-10,15,19H,11-14H2,1H3,(H,27,30)/t15-,19+/m1/s1. The van der Waals surface area contributed by atoms with Crippen LogP contribution < -0.4 is 4.72 Å². The lowest BCUT2D eigenvalue weighted by molar-refractivity contribution is -0.0413. The van der Waals surface area contributed by atoms with Crippen molar-refractivity contribution in [3.8, 4) is 0 Å². The van der Waals surface area contributed by atoms with Gasteiger partial charge in [-0.2, -0.15) is 17.8 Å². The van der Waals surface area contributed by atoms with Crippen LogP contribution in [0.1, 0.15) is 36.8 Å². The maximum absolute atomic E-state index is 13.4. The van der Waals surface area contributed by atoms with Gasteiger partial charge in [0.2, 0.25) is 0 Å². The van der Waals surface area contributed by atoms with Crippen molar-refractivity contribution in [1.29, 1.82) is 0 Å². The van der Waals surface area contributed by atoms with E-state index in [0.717, 1.165) is 20.4 Å². The van der Waals surface area contributed by atoms with Gasteiger partial charge in [0.15, 0.2) is 0 Å². The Morgan fingerprint density at radius 1 is 1.09 bits per heavy atom. The highest BCUT2D eigenvalue weighted by Gasteiger charge is 2.42. The first kappa shape index (κ1) is 23.6. The molecule has 2 heterocycles. The zero-order valence-corrected chi connectivity index (χ0v) is 19.4. The summed E-state index contributed by atoms with van der Waals surface area (Å²) in [4.78, 5) is 13.0. The van der Waals surface area contributed by atoms with Crippen molar-refractivity contribution in [1.82, 2.24) is 14.0 Å². The normalized spacial score (nSPS) is 23.3. The lowest BCUT2D eigenvalue weighted by Crippen LogP contribution is -2.52. The summed E-state index contributed by atoms with van der Waals surface area (Å²) < 4.78 is 55.0. The molecule has 1 saturated heterocycles. The van der Waals surface area contributed by atoms with Crippen molar-refractivity contribution in [3.05, 3.63) is 70.7 Å². The van der Waals surface area contributed by atoms with Crippen LogP contribution in [0.3, 0.4) is 0 Å². The van der Waals surface area contributed by atoms with E-state index in [2.05, 4.69) is 5.10 Å². The first-order valence-corrected chi connectivity index (χ1v) is 12.3. The number of carbonyl (C=O) groups excluding carboxylic acids is 1. The maximum Gasteiger partial charge on any atom is 0.352 e. The molecule has 0 bridgehead atoms. The molecule has 0 spiro atoms. The van der Waals surface area contributed by atoms with Crippen molar-refractivity contribution in [3.63, 3.8) is 0 Å². The van der Waals surface area contributed by atoms with Gasteiger partial charge in [-0.15, -0.1) is 0 Å². The Balaban J connectivity index is 1.60. The second-order valence-corrected chi connectivity index (χ2v) is 10.2. The van der Waals surface area contributed by atoms with Gasteiger partial charge in [0, 0.05) is 31.0 Å². The molecule has 2 aromatic carbocycles. The summed E-state index contributed by atoms with van der Waals surface area (Å²) in [5.74, 6) is -3.21. The number of urea groups is 1. The molecule has 1 N–H and O–H groups in total. The molecule has 0 aromatic heterocycles. The molecule has 2 aromatic rings. The summed E-state index contributed by atoms with van der Waals surface area (Å²) in [7, 11) is -4.29. The van der Waals surface area contributed by atoms with Gasteiger partial charge in [-0.1, -0.05) is 54.1 Å². The quantitative estimate of drug-likeness (QED) is 0.688. The Morgan fingerprint density at radius 3 is 2.30 bits per heavy atom. The Morgan fingerprint density at radius 2 is 1.70 bits per heavy atom. The molecule has 4 rings (SSSR count). The number of rotatable bonds is 4. The highest BCUT2D eigenvalue weighted by molar-refractivity contribution is 7.87. The first-order valence-electron chi connectivity index (χ1n) is 10.5. The van der Waals surface area contributed by atoms with Crippen LogP contribution in [0.15, 0.2) is 59.7 Å². The molecular formula is C22H23ClF2N4O3S. The van der Waals surface area contributed by atoms with Gasteiger partial charge >= 0.3 is 16.2 Å². The third-order valence-corrected chi connectivity index (χ3v) is 7.62. The number of hydrazone groups is 1. The second kappa shape index (κ2) is 9.00. The second-order valence-electron chi connectivity index (χ2n) is 8.13. The van der Waals surface area contributed by atoms with Crippen LogP contribution in [0.5, 0.6) is 0 Å². The summed E-state index contributed by atoms with van der Waals surface area (Å²) in [6.07, 6.45) is -1.17. The van der Waals surface area contributed by atoms with Gasteiger partial charge in [-0.25, -0.2) is 23.3 Å². The summed E-state index contributed by atoms with van der Waals surface area (Å²) in [5, 5.41) is 6.12. The zero-order chi connectivity index (χ0) is 23.8. The van der Waals surface area contributed by atoms with Crippen molar-refractivity contribution in [2.45, 2.75) is 37.6 Å². The molecule has 2 amide bonds. The van der Waals surface area contributed by atoms with Crippen LogP contribution in [0.2, 0.25) is 5.02 Å². The molecule has 11 heteroatoms. The molecule has 1 fully saturated rings. The fraction of sp³-hybridized carbons (Fsp3) is 0.364.